The molecule has 2 aromatic heterocycles. The molecule has 3 N–H and O–H groups in total. The summed E-state index contributed by atoms with van der Waals surface area (Å²) in [6.45, 7) is 0.731. The van der Waals surface area contributed by atoms with Gasteiger partial charge < -0.3 is 10.6 Å². The van der Waals surface area contributed by atoms with Gasteiger partial charge in [-0.05, 0) is 48.5 Å². The fourth-order valence-electron chi connectivity index (χ4n) is 3.56. The molecule has 0 bridgehead atoms. The van der Waals surface area contributed by atoms with Crippen LogP contribution in [0.1, 0.15) is 11.1 Å². The number of benzene rings is 3. The van der Waals surface area contributed by atoms with Crippen LogP contribution in [0, 0.1) is 0 Å². The molecule has 0 aliphatic rings. The number of hydrogen-bond donors (Lipinski definition) is 3. The molecule has 9 heteroatoms. The Hall–Kier alpha value is -3.95. The smallest absolute Gasteiger partial charge is 0.232 e. The van der Waals surface area contributed by atoms with Gasteiger partial charge in [0, 0.05) is 22.5 Å². The summed E-state index contributed by atoms with van der Waals surface area (Å²) in [6.07, 6.45) is 3.37. The third-order valence-corrected chi connectivity index (χ3v) is 6.00. The van der Waals surface area contributed by atoms with Crippen molar-refractivity contribution in [3.63, 3.8) is 0 Å². The number of rotatable bonds is 9. The van der Waals surface area contributed by atoms with Gasteiger partial charge in [-0.1, -0.05) is 54.4 Å². The molecule has 2 heterocycles. The van der Waals surface area contributed by atoms with Crippen molar-refractivity contribution in [3.05, 3.63) is 96.4 Å². The molecule has 170 valence electrons. The molecule has 0 unspecified atom stereocenters. The predicted molar refractivity (Wildman–Crippen MR) is 138 cm³/mol. The Labute approximate surface area is 202 Å². The lowest BCUT2D eigenvalue weighted by molar-refractivity contribution is 0.712. The second-order valence-corrected chi connectivity index (χ2v) is 8.62. The molecule has 0 amide bonds. The first kappa shape index (κ1) is 21.9. The normalized spacial score (nSPS) is 11.0. The number of nitrogens with zero attached hydrogens (tertiary/aromatic N) is 5. The van der Waals surface area contributed by atoms with Crippen LogP contribution < -0.4 is 15.4 Å². The molecule has 34 heavy (non-hydrogen) atoms. The van der Waals surface area contributed by atoms with E-state index in [-0.39, 0.29) is 0 Å². The van der Waals surface area contributed by atoms with Crippen LogP contribution in [0.15, 0.2) is 85.3 Å². The highest BCUT2D eigenvalue weighted by molar-refractivity contribution is 7.96. The largest absolute Gasteiger partial charge is 0.324 e. The second-order valence-electron chi connectivity index (χ2n) is 7.63. The van der Waals surface area contributed by atoms with E-state index >= 15 is 0 Å². The number of aromatic nitrogens is 5. The minimum atomic E-state index is 0.468. The van der Waals surface area contributed by atoms with E-state index in [0.29, 0.717) is 11.9 Å². The van der Waals surface area contributed by atoms with Crippen molar-refractivity contribution in [1.29, 1.82) is 0 Å². The van der Waals surface area contributed by atoms with Crippen LogP contribution >= 0.6 is 11.9 Å². The zero-order chi connectivity index (χ0) is 23.2. The van der Waals surface area contributed by atoms with Crippen molar-refractivity contribution in [2.75, 3.05) is 17.7 Å². The van der Waals surface area contributed by atoms with E-state index in [1.807, 2.05) is 60.4 Å². The van der Waals surface area contributed by atoms with Crippen LogP contribution in [-0.4, -0.2) is 31.8 Å². The van der Waals surface area contributed by atoms with E-state index < -0.39 is 0 Å². The van der Waals surface area contributed by atoms with Gasteiger partial charge in [0.1, 0.15) is 6.33 Å². The number of fused-ring (bicyclic) bond motifs is 1. The topological polar surface area (TPSA) is 92.6 Å². The Morgan fingerprint density at radius 3 is 2.32 bits per heavy atom. The highest BCUT2D eigenvalue weighted by Gasteiger charge is 2.07. The van der Waals surface area contributed by atoms with Crippen LogP contribution in [0.25, 0.3) is 10.9 Å². The van der Waals surface area contributed by atoms with Gasteiger partial charge >= 0.3 is 0 Å². The predicted octanol–water partition coefficient (Wildman–Crippen LogP) is 5.12. The molecular formula is C25H24N8S. The molecule has 0 radical (unpaired) electrons. The van der Waals surface area contributed by atoms with Crippen molar-refractivity contribution in [2.24, 2.45) is 0 Å². The van der Waals surface area contributed by atoms with Crippen LogP contribution in [0.5, 0.6) is 0 Å². The average molecular weight is 469 g/mol. The van der Waals surface area contributed by atoms with Gasteiger partial charge in [-0.3, -0.25) is 9.40 Å². The van der Waals surface area contributed by atoms with Gasteiger partial charge in [0.05, 0.1) is 18.3 Å². The second kappa shape index (κ2) is 10.3. The Kier molecular flexibility index (Phi) is 6.64. The van der Waals surface area contributed by atoms with Crippen molar-refractivity contribution >= 4 is 46.1 Å². The zero-order valence-electron chi connectivity index (χ0n) is 18.6. The summed E-state index contributed by atoms with van der Waals surface area (Å²) in [6, 6.07) is 24.6. The summed E-state index contributed by atoms with van der Waals surface area (Å²) >= 11 is 1.66. The molecular weight excluding hydrogens is 444 g/mol. The lowest BCUT2D eigenvalue weighted by atomic mass is 10.2. The van der Waals surface area contributed by atoms with E-state index in [9.17, 15) is 0 Å². The molecule has 0 fully saturated rings. The van der Waals surface area contributed by atoms with Crippen molar-refractivity contribution in [2.45, 2.75) is 12.3 Å². The highest BCUT2D eigenvalue weighted by Crippen LogP contribution is 2.22. The van der Waals surface area contributed by atoms with Crippen molar-refractivity contribution in [3.8, 4) is 0 Å². The van der Waals surface area contributed by atoms with E-state index in [1.54, 1.807) is 11.9 Å². The van der Waals surface area contributed by atoms with E-state index in [0.717, 1.165) is 34.6 Å². The molecule has 8 nitrogen and oxygen atoms in total. The van der Waals surface area contributed by atoms with Gasteiger partial charge in [0.25, 0.3) is 0 Å². The third kappa shape index (κ3) is 5.33. The Bertz CT molecular complexity index is 1370. The summed E-state index contributed by atoms with van der Waals surface area (Å²) < 4.78 is 5.08. The zero-order valence-corrected chi connectivity index (χ0v) is 19.5. The van der Waals surface area contributed by atoms with Crippen molar-refractivity contribution in [1.82, 2.24) is 29.5 Å². The third-order valence-electron chi connectivity index (χ3n) is 5.24. The molecule has 5 aromatic rings. The molecule has 5 rings (SSSR count). The van der Waals surface area contributed by atoms with Gasteiger partial charge in [0.2, 0.25) is 11.9 Å². The van der Waals surface area contributed by atoms with Crippen LogP contribution in [0.2, 0.25) is 0 Å². The van der Waals surface area contributed by atoms with Gasteiger partial charge in [-0.25, -0.2) is 9.97 Å². The minimum absolute atomic E-state index is 0.468. The van der Waals surface area contributed by atoms with E-state index in [1.165, 1.54) is 17.5 Å². The molecule has 0 spiro atoms. The first-order valence-corrected chi connectivity index (χ1v) is 11.9. The number of nitrogens with one attached hydrogen (secondary N) is 3. The summed E-state index contributed by atoms with van der Waals surface area (Å²) in [5.74, 6) is 1.86. The SMILES string of the molecule is CNSCc1ccc(Nc2ncnc(Nc3ccc4c(cnn4Cc4ccccc4)c3)n2)cc1. The van der Waals surface area contributed by atoms with Gasteiger partial charge in [-0.15, -0.1) is 0 Å². The lowest BCUT2D eigenvalue weighted by Crippen LogP contribution is -2.03. The first-order chi connectivity index (χ1) is 16.8. The quantitative estimate of drug-likeness (QED) is 0.257. The summed E-state index contributed by atoms with van der Waals surface area (Å²) in [7, 11) is 1.92. The number of hydrogen-bond acceptors (Lipinski definition) is 8. The highest BCUT2D eigenvalue weighted by atomic mass is 32.2. The Balaban J connectivity index is 1.27. The summed E-state index contributed by atoms with van der Waals surface area (Å²) in [5, 5.41) is 12.1. The molecule has 0 aliphatic carbocycles. The molecule has 0 saturated carbocycles. The summed E-state index contributed by atoms with van der Waals surface area (Å²) in [5.41, 5.74) is 5.33. The van der Waals surface area contributed by atoms with Crippen molar-refractivity contribution < 1.29 is 0 Å². The minimum Gasteiger partial charge on any atom is -0.324 e. The Morgan fingerprint density at radius 1 is 0.824 bits per heavy atom. The lowest BCUT2D eigenvalue weighted by Gasteiger charge is -2.09. The van der Waals surface area contributed by atoms with Crippen LogP contribution in [0.3, 0.4) is 0 Å². The Morgan fingerprint density at radius 2 is 1.56 bits per heavy atom. The first-order valence-electron chi connectivity index (χ1n) is 10.9. The fourth-order valence-corrected chi connectivity index (χ4v) is 4.07. The standard InChI is InChI=1S/C25H24N8S/c1-26-34-16-19-7-9-21(10-8-19)30-24-27-17-28-25(32-24)31-22-11-12-23-20(13-22)14-29-33(23)15-18-5-3-2-4-6-18/h2-14,17,26H,15-16H2,1H3,(H2,27,28,30,31,32). The van der Waals surface area contributed by atoms with E-state index in [4.69, 9.17) is 0 Å². The molecule has 3 aromatic carbocycles. The average Bonchev–Trinajstić information content (AvgIpc) is 3.26. The monoisotopic (exact) mass is 468 g/mol. The summed E-state index contributed by atoms with van der Waals surface area (Å²) in [4.78, 5) is 13.0. The fraction of sp³-hybridized carbons (Fsp3) is 0.120. The van der Waals surface area contributed by atoms with E-state index in [2.05, 4.69) is 65.7 Å². The maximum absolute atomic E-state index is 4.56. The van der Waals surface area contributed by atoms with Gasteiger partial charge in [-0.2, -0.15) is 10.1 Å². The molecule has 0 aliphatic heterocycles. The molecule has 0 saturated heterocycles. The maximum Gasteiger partial charge on any atom is 0.232 e. The maximum atomic E-state index is 4.56. The van der Waals surface area contributed by atoms with Crippen LogP contribution in [0.4, 0.5) is 23.3 Å². The van der Waals surface area contributed by atoms with Gasteiger partial charge in [0.15, 0.2) is 0 Å². The number of anilines is 4. The molecule has 0 atom stereocenters. The van der Waals surface area contributed by atoms with Crippen LogP contribution in [-0.2, 0) is 12.3 Å².